The van der Waals surface area contributed by atoms with Gasteiger partial charge in [0.15, 0.2) is 0 Å². The van der Waals surface area contributed by atoms with Crippen LogP contribution >= 0.6 is 0 Å². The second-order valence-electron chi connectivity index (χ2n) is 5.77. The van der Waals surface area contributed by atoms with E-state index in [1.165, 1.54) is 42.5 Å². The molecule has 27 heavy (non-hydrogen) atoms. The summed E-state index contributed by atoms with van der Waals surface area (Å²) < 4.78 is 18.1. The number of hydrogen-bond acceptors (Lipinski definition) is 4. The summed E-state index contributed by atoms with van der Waals surface area (Å²) in [5.74, 6) is -1.59. The van der Waals surface area contributed by atoms with Gasteiger partial charge >= 0.3 is 5.97 Å². The van der Waals surface area contributed by atoms with E-state index < -0.39 is 17.9 Å². The number of hydrogen-bond donors (Lipinski definition) is 3. The Labute approximate surface area is 156 Å². The van der Waals surface area contributed by atoms with Crippen molar-refractivity contribution in [2.24, 2.45) is 5.73 Å². The van der Waals surface area contributed by atoms with E-state index in [0.29, 0.717) is 16.7 Å². The molecule has 0 fully saturated rings. The highest BCUT2D eigenvalue weighted by Gasteiger charge is 2.23. The van der Waals surface area contributed by atoms with Gasteiger partial charge in [0.05, 0.1) is 0 Å². The highest BCUT2D eigenvalue weighted by molar-refractivity contribution is 5.99. The summed E-state index contributed by atoms with van der Waals surface area (Å²) in [5, 5.41) is 10.00. The molecule has 140 valence electrons. The molecule has 0 unspecified atom stereocenters. The monoisotopic (exact) mass is 369 g/mol. The molecule has 6 nitrogen and oxygen atoms in total. The molecule has 0 saturated heterocycles. The van der Waals surface area contributed by atoms with Crippen molar-refractivity contribution in [3.8, 4) is 0 Å². The topological polar surface area (TPSA) is 105 Å². The number of esters is 1. The molecule has 0 bridgehead atoms. The molecule has 0 spiro atoms. The van der Waals surface area contributed by atoms with Crippen molar-refractivity contribution >= 4 is 17.7 Å². The van der Waals surface area contributed by atoms with Gasteiger partial charge < -0.3 is 15.8 Å². The number of ether oxygens (including phenoxy) is 1. The number of rotatable bonds is 8. The van der Waals surface area contributed by atoms with E-state index in [4.69, 9.17) is 15.9 Å². The number of carbonyl (C=O) groups is 2. The van der Waals surface area contributed by atoms with Crippen LogP contribution in [0.5, 0.6) is 0 Å². The molecule has 7 heteroatoms. The van der Waals surface area contributed by atoms with Gasteiger partial charge in [-0.15, -0.1) is 0 Å². The lowest BCUT2D eigenvalue weighted by Crippen LogP contribution is -2.43. The van der Waals surface area contributed by atoms with Crippen LogP contribution < -0.4 is 11.1 Å². The molecular formula is C20H20FN3O3. The van der Waals surface area contributed by atoms with Gasteiger partial charge in [0.25, 0.3) is 5.91 Å². The predicted molar refractivity (Wildman–Crippen MR) is 100.0 cm³/mol. The maximum absolute atomic E-state index is 13.1. The van der Waals surface area contributed by atoms with Crippen LogP contribution in [0.1, 0.15) is 21.5 Å². The zero-order valence-corrected chi connectivity index (χ0v) is 14.6. The van der Waals surface area contributed by atoms with Gasteiger partial charge in [-0.05, 0) is 29.8 Å². The van der Waals surface area contributed by atoms with E-state index in [-0.39, 0.29) is 24.7 Å². The zero-order chi connectivity index (χ0) is 19.8. The third kappa shape index (κ3) is 5.78. The van der Waals surface area contributed by atoms with Crippen LogP contribution in [0.4, 0.5) is 4.39 Å². The van der Waals surface area contributed by atoms with Crippen molar-refractivity contribution in [2.45, 2.75) is 12.5 Å². The third-order valence-corrected chi connectivity index (χ3v) is 3.74. The molecule has 0 aliphatic rings. The summed E-state index contributed by atoms with van der Waals surface area (Å²) in [6, 6.07) is 10.8. The van der Waals surface area contributed by atoms with Gasteiger partial charge in [-0.1, -0.05) is 36.9 Å². The lowest BCUT2D eigenvalue weighted by Gasteiger charge is -2.17. The van der Waals surface area contributed by atoms with Gasteiger partial charge in [-0.2, -0.15) is 0 Å². The Balaban J connectivity index is 2.15. The van der Waals surface area contributed by atoms with Crippen LogP contribution in [-0.2, 0) is 16.0 Å². The van der Waals surface area contributed by atoms with Crippen molar-refractivity contribution < 1.29 is 18.7 Å². The summed E-state index contributed by atoms with van der Waals surface area (Å²) in [6.07, 6.45) is 1.57. The number of halogens is 1. The van der Waals surface area contributed by atoms with Crippen molar-refractivity contribution in [3.63, 3.8) is 0 Å². The van der Waals surface area contributed by atoms with Crippen molar-refractivity contribution in [2.75, 3.05) is 6.61 Å². The molecule has 0 aromatic heterocycles. The fourth-order valence-corrected chi connectivity index (χ4v) is 2.33. The van der Waals surface area contributed by atoms with E-state index in [1.54, 1.807) is 12.1 Å². The summed E-state index contributed by atoms with van der Waals surface area (Å²) in [7, 11) is 0. The second-order valence-corrected chi connectivity index (χ2v) is 5.77. The first-order chi connectivity index (χ1) is 12.9. The molecule has 0 radical (unpaired) electrons. The number of amidine groups is 1. The summed E-state index contributed by atoms with van der Waals surface area (Å²) in [4.78, 5) is 24.8. The molecule has 0 saturated carbocycles. The molecule has 1 amide bonds. The molecule has 0 aliphatic heterocycles. The number of nitrogen functional groups attached to an aromatic ring is 1. The fourth-order valence-electron chi connectivity index (χ4n) is 2.33. The Kier molecular flexibility index (Phi) is 6.82. The Morgan fingerprint density at radius 3 is 2.30 bits per heavy atom. The molecule has 4 N–H and O–H groups in total. The first kappa shape index (κ1) is 19.8. The van der Waals surface area contributed by atoms with Crippen LogP contribution in [0, 0.1) is 11.2 Å². The number of nitrogens with two attached hydrogens (primary N) is 1. The van der Waals surface area contributed by atoms with E-state index in [2.05, 4.69) is 11.9 Å². The minimum atomic E-state index is -0.949. The minimum absolute atomic E-state index is 0.0158. The standard InChI is InChI=1S/C20H20FN3O3/c1-2-11-27-20(26)17(12-13-3-9-16(21)10-4-13)24-19(25)15-7-5-14(6-8-15)18(22)23/h2-10,17H,1,11-12H2,(H3,22,23)(H,24,25)/t17-/m1/s1. The van der Waals surface area contributed by atoms with Crippen molar-refractivity contribution in [3.05, 3.63) is 83.7 Å². The molecule has 2 aromatic carbocycles. The van der Waals surface area contributed by atoms with Crippen LogP contribution in [0.25, 0.3) is 0 Å². The molecule has 0 heterocycles. The van der Waals surface area contributed by atoms with Gasteiger partial charge in [0, 0.05) is 17.5 Å². The molecular weight excluding hydrogens is 349 g/mol. The number of nitrogens with one attached hydrogen (secondary N) is 2. The van der Waals surface area contributed by atoms with Gasteiger partial charge in [-0.25, -0.2) is 9.18 Å². The lowest BCUT2D eigenvalue weighted by molar-refractivity contribution is -0.144. The van der Waals surface area contributed by atoms with Crippen LogP contribution in [-0.4, -0.2) is 30.4 Å². The van der Waals surface area contributed by atoms with Gasteiger partial charge in [0.1, 0.15) is 24.3 Å². The number of amides is 1. The SMILES string of the molecule is C=CCOC(=O)[C@@H](Cc1ccc(F)cc1)NC(=O)c1ccc(C(=N)N)cc1. The van der Waals surface area contributed by atoms with Crippen LogP contribution in [0.2, 0.25) is 0 Å². The van der Waals surface area contributed by atoms with E-state index >= 15 is 0 Å². The summed E-state index contributed by atoms with van der Waals surface area (Å²) in [6.45, 7) is 3.50. The molecule has 2 aromatic rings. The largest absolute Gasteiger partial charge is 0.460 e. The lowest BCUT2D eigenvalue weighted by atomic mass is 10.0. The normalized spacial score (nSPS) is 11.3. The maximum atomic E-state index is 13.1. The predicted octanol–water partition coefficient (Wildman–Crippen LogP) is 2.18. The van der Waals surface area contributed by atoms with Crippen molar-refractivity contribution in [1.29, 1.82) is 5.41 Å². The van der Waals surface area contributed by atoms with E-state index in [1.807, 2.05) is 0 Å². The Morgan fingerprint density at radius 1 is 1.15 bits per heavy atom. The highest BCUT2D eigenvalue weighted by atomic mass is 19.1. The van der Waals surface area contributed by atoms with Gasteiger partial charge in [0.2, 0.25) is 0 Å². The number of benzene rings is 2. The number of carbonyl (C=O) groups excluding carboxylic acids is 2. The first-order valence-corrected chi connectivity index (χ1v) is 8.18. The van der Waals surface area contributed by atoms with E-state index in [0.717, 1.165) is 0 Å². The fraction of sp³-hybridized carbons (Fsp3) is 0.150. The van der Waals surface area contributed by atoms with Crippen LogP contribution in [0.15, 0.2) is 61.2 Å². The average Bonchev–Trinajstić information content (AvgIpc) is 2.67. The van der Waals surface area contributed by atoms with Crippen molar-refractivity contribution in [1.82, 2.24) is 5.32 Å². The third-order valence-electron chi connectivity index (χ3n) is 3.74. The zero-order valence-electron chi connectivity index (χ0n) is 14.6. The molecule has 0 aliphatic carbocycles. The summed E-state index contributed by atoms with van der Waals surface area (Å²) >= 11 is 0. The first-order valence-electron chi connectivity index (χ1n) is 8.18. The van der Waals surface area contributed by atoms with Crippen LogP contribution in [0.3, 0.4) is 0 Å². The highest BCUT2D eigenvalue weighted by Crippen LogP contribution is 2.09. The maximum Gasteiger partial charge on any atom is 0.329 e. The quantitative estimate of drug-likeness (QED) is 0.287. The second kappa shape index (κ2) is 9.28. The average molecular weight is 369 g/mol. The Hall–Kier alpha value is -3.48. The molecule has 2 rings (SSSR count). The Morgan fingerprint density at radius 2 is 1.74 bits per heavy atom. The smallest absolute Gasteiger partial charge is 0.329 e. The summed E-state index contributed by atoms with van der Waals surface area (Å²) in [5.41, 5.74) is 6.85. The molecule has 1 atom stereocenters. The Bertz CT molecular complexity index is 833. The minimum Gasteiger partial charge on any atom is -0.460 e. The van der Waals surface area contributed by atoms with E-state index in [9.17, 15) is 14.0 Å². The van der Waals surface area contributed by atoms with Gasteiger partial charge in [-0.3, -0.25) is 10.2 Å².